The van der Waals surface area contributed by atoms with E-state index in [0.717, 1.165) is 12.8 Å². The summed E-state index contributed by atoms with van der Waals surface area (Å²) in [6.07, 6.45) is 1.52. The van der Waals surface area contributed by atoms with Crippen LogP contribution < -0.4 is 20.1 Å². The molecule has 0 spiro atoms. The second-order valence-electron chi connectivity index (χ2n) is 6.60. The number of carbonyl (C=O) groups is 2. The number of carbonyl (C=O) groups excluding carboxylic acids is 2. The Balaban J connectivity index is 1.91. The van der Waals surface area contributed by atoms with Gasteiger partial charge in [-0.25, -0.2) is 0 Å². The first-order valence-corrected chi connectivity index (χ1v) is 8.96. The number of rotatable bonds is 7. The summed E-state index contributed by atoms with van der Waals surface area (Å²) in [6, 6.07) is 5.31. The Labute approximate surface area is 155 Å². The second kappa shape index (κ2) is 9.43. The number of methoxy groups -OCH3 is 2. The van der Waals surface area contributed by atoms with Crippen LogP contribution in [-0.4, -0.2) is 63.7 Å². The lowest BCUT2D eigenvalue weighted by molar-refractivity contribution is -0.125. The van der Waals surface area contributed by atoms with Crippen molar-refractivity contribution in [2.24, 2.45) is 5.92 Å². The van der Waals surface area contributed by atoms with E-state index in [9.17, 15) is 9.59 Å². The predicted molar refractivity (Wildman–Crippen MR) is 99.7 cm³/mol. The van der Waals surface area contributed by atoms with Gasteiger partial charge < -0.3 is 25.0 Å². The van der Waals surface area contributed by atoms with Crippen LogP contribution in [0.2, 0.25) is 0 Å². The smallest absolute Gasteiger partial charge is 0.253 e. The number of benzene rings is 1. The fourth-order valence-electron chi connectivity index (χ4n) is 3.12. The lowest BCUT2D eigenvalue weighted by atomic mass is 10.0. The quantitative estimate of drug-likeness (QED) is 0.763. The summed E-state index contributed by atoms with van der Waals surface area (Å²) in [5.74, 6) is 1.11. The van der Waals surface area contributed by atoms with Crippen molar-refractivity contribution in [1.29, 1.82) is 0 Å². The van der Waals surface area contributed by atoms with Crippen LogP contribution in [0.25, 0.3) is 0 Å². The zero-order chi connectivity index (χ0) is 19.1. The van der Waals surface area contributed by atoms with Gasteiger partial charge in [-0.2, -0.15) is 0 Å². The Hall–Kier alpha value is -2.28. The van der Waals surface area contributed by atoms with Crippen LogP contribution in [0.15, 0.2) is 18.2 Å². The first-order valence-electron chi connectivity index (χ1n) is 8.96. The van der Waals surface area contributed by atoms with Gasteiger partial charge in [-0.3, -0.25) is 9.59 Å². The Morgan fingerprint density at radius 1 is 1.19 bits per heavy atom. The van der Waals surface area contributed by atoms with Gasteiger partial charge in [0.05, 0.1) is 14.2 Å². The summed E-state index contributed by atoms with van der Waals surface area (Å²) in [5, 5.41) is 6.09. The molecule has 1 fully saturated rings. The molecular weight excluding hydrogens is 334 g/mol. The summed E-state index contributed by atoms with van der Waals surface area (Å²) >= 11 is 0. The molecule has 0 aromatic heterocycles. The number of amides is 2. The molecule has 2 rings (SSSR count). The van der Waals surface area contributed by atoms with Crippen molar-refractivity contribution < 1.29 is 19.1 Å². The molecule has 0 radical (unpaired) electrons. The maximum atomic E-state index is 12.7. The number of piperidine rings is 1. The summed E-state index contributed by atoms with van der Waals surface area (Å²) in [5.41, 5.74) is 0.577. The number of ether oxygens (including phenoxy) is 2. The van der Waals surface area contributed by atoms with Crippen molar-refractivity contribution >= 4 is 11.8 Å². The second-order valence-corrected chi connectivity index (χ2v) is 6.60. The molecule has 0 bridgehead atoms. The molecule has 1 aliphatic heterocycles. The van der Waals surface area contributed by atoms with E-state index >= 15 is 0 Å². The van der Waals surface area contributed by atoms with Crippen LogP contribution >= 0.6 is 0 Å². The van der Waals surface area contributed by atoms with Gasteiger partial charge in [-0.15, -0.1) is 0 Å². The summed E-state index contributed by atoms with van der Waals surface area (Å²) < 4.78 is 10.5. The zero-order valence-corrected chi connectivity index (χ0v) is 16.0. The van der Waals surface area contributed by atoms with Crippen LogP contribution in [0.4, 0.5) is 0 Å². The molecule has 7 nitrogen and oxygen atoms in total. The SMILES string of the molecule is CNCC(C)C(=O)NC1CCN(C(=O)c2ccc(OC)c(OC)c2)CC1. The van der Waals surface area contributed by atoms with E-state index in [1.165, 1.54) is 0 Å². The summed E-state index contributed by atoms with van der Waals surface area (Å²) in [7, 11) is 4.95. The third-order valence-electron chi connectivity index (χ3n) is 4.72. The predicted octanol–water partition coefficient (Wildman–Crippen LogP) is 1.28. The Morgan fingerprint density at radius 3 is 2.42 bits per heavy atom. The zero-order valence-electron chi connectivity index (χ0n) is 16.0. The van der Waals surface area contributed by atoms with E-state index in [2.05, 4.69) is 10.6 Å². The molecule has 144 valence electrons. The van der Waals surface area contributed by atoms with Crippen molar-refractivity contribution in [3.63, 3.8) is 0 Å². The average Bonchev–Trinajstić information content (AvgIpc) is 2.67. The van der Waals surface area contributed by atoms with Crippen LogP contribution in [0.1, 0.15) is 30.1 Å². The minimum Gasteiger partial charge on any atom is -0.493 e. The van der Waals surface area contributed by atoms with Crippen molar-refractivity contribution in [3.8, 4) is 11.5 Å². The summed E-state index contributed by atoms with van der Waals surface area (Å²) in [4.78, 5) is 26.7. The first-order chi connectivity index (χ1) is 12.5. The van der Waals surface area contributed by atoms with Crippen LogP contribution in [0.5, 0.6) is 11.5 Å². The van der Waals surface area contributed by atoms with Crippen molar-refractivity contribution in [1.82, 2.24) is 15.5 Å². The van der Waals surface area contributed by atoms with Crippen molar-refractivity contribution in [2.45, 2.75) is 25.8 Å². The van der Waals surface area contributed by atoms with E-state index in [-0.39, 0.29) is 23.8 Å². The third kappa shape index (κ3) is 4.88. The number of likely N-dealkylation sites (tertiary alicyclic amines) is 1. The number of hydrogen-bond donors (Lipinski definition) is 2. The largest absolute Gasteiger partial charge is 0.493 e. The van der Waals surface area contributed by atoms with Crippen LogP contribution in [0, 0.1) is 5.92 Å². The van der Waals surface area contributed by atoms with Gasteiger partial charge in [0, 0.05) is 37.2 Å². The van der Waals surface area contributed by atoms with E-state index in [4.69, 9.17) is 9.47 Å². The van der Waals surface area contributed by atoms with E-state index < -0.39 is 0 Å². The molecule has 1 heterocycles. The molecule has 1 atom stereocenters. The molecule has 1 aromatic carbocycles. The standard InChI is InChI=1S/C19H29N3O4/c1-13(12-20-2)18(23)21-15-7-9-22(10-8-15)19(24)14-5-6-16(25-3)17(11-14)26-4/h5-6,11,13,15,20H,7-10,12H2,1-4H3,(H,21,23). The van der Waals surface area contributed by atoms with Crippen molar-refractivity contribution in [3.05, 3.63) is 23.8 Å². The number of hydrogen-bond acceptors (Lipinski definition) is 5. The van der Waals surface area contributed by atoms with Gasteiger partial charge in [-0.05, 0) is 38.1 Å². The minimum atomic E-state index is -0.0635. The maximum absolute atomic E-state index is 12.7. The molecule has 0 saturated carbocycles. The molecule has 2 N–H and O–H groups in total. The highest BCUT2D eigenvalue weighted by Gasteiger charge is 2.26. The van der Waals surface area contributed by atoms with Gasteiger partial charge in [0.2, 0.25) is 5.91 Å². The Morgan fingerprint density at radius 2 is 1.85 bits per heavy atom. The van der Waals surface area contributed by atoms with Gasteiger partial charge in [-0.1, -0.05) is 6.92 Å². The molecule has 1 aromatic rings. The minimum absolute atomic E-state index is 0.0284. The molecule has 1 unspecified atom stereocenters. The molecule has 0 aliphatic carbocycles. The molecule has 26 heavy (non-hydrogen) atoms. The van der Waals surface area contributed by atoms with E-state index in [0.29, 0.717) is 36.7 Å². The van der Waals surface area contributed by atoms with Crippen LogP contribution in [0.3, 0.4) is 0 Å². The Bertz CT molecular complexity index is 627. The molecular formula is C19H29N3O4. The lowest BCUT2D eigenvalue weighted by Crippen LogP contribution is -2.48. The van der Waals surface area contributed by atoms with Gasteiger partial charge >= 0.3 is 0 Å². The number of nitrogens with one attached hydrogen (secondary N) is 2. The molecule has 2 amide bonds. The highest BCUT2D eigenvalue weighted by Crippen LogP contribution is 2.28. The average molecular weight is 363 g/mol. The van der Waals surface area contributed by atoms with Crippen LogP contribution in [-0.2, 0) is 4.79 Å². The van der Waals surface area contributed by atoms with Crippen molar-refractivity contribution in [2.75, 3.05) is 40.9 Å². The third-order valence-corrected chi connectivity index (χ3v) is 4.72. The monoisotopic (exact) mass is 363 g/mol. The Kier molecular flexibility index (Phi) is 7.26. The number of nitrogens with zero attached hydrogens (tertiary/aromatic N) is 1. The van der Waals surface area contributed by atoms with Gasteiger partial charge in [0.15, 0.2) is 11.5 Å². The molecule has 1 aliphatic rings. The highest BCUT2D eigenvalue weighted by atomic mass is 16.5. The topological polar surface area (TPSA) is 79.9 Å². The van der Waals surface area contributed by atoms with E-state index in [1.807, 2.05) is 18.9 Å². The first kappa shape index (κ1) is 20.0. The van der Waals surface area contributed by atoms with Gasteiger partial charge in [0.1, 0.15) is 0 Å². The lowest BCUT2D eigenvalue weighted by Gasteiger charge is -2.33. The normalized spacial score (nSPS) is 16.1. The maximum Gasteiger partial charge on any atom is 0.253 e. The van der Waals surface area contributed by atoms with Gasteiger partial charge in [0.25, 0.3) is 5.91 Å². The fraction of sp³-hybridized carbons (Fsp3) is 0.579. The summed E-state index contributed by atoms with van der Waals surface area (Å²) in [6.45, 7) is 3.81. The van der Waals surface area contributed by atoms with E-state index in [1.54, 1.807) is 32.4 Å². The molecule has 1 saturated heterocycles. The molecule has 7 heteroatoms. The fourth-order valence-corrected chi connectivity index (χ4v) is 3.12. The highest BCUT2D eigenvalue weighted by molar-refractivity contribution is 5.95.